The SMILES string of the molecule is O=C(O)C1CCCC1C(=O)c1ccc(-c2ccc(Nc3nc4ccc(OC(F)(F)F)cc4s3)c(F)c2)cc1. The molecule has 1 fully saturated rings. The number of nitrogens with zero attached hydrogens (tertiary/aromatic N) is 1. The van der Waals surface area contributed by atoms with E-state index in [1.54, 1.807) is 30.3 Å². The highest BCUT2D eigenvalue weighted by atomic mass is 32.1. The molecule has 4 aromatic rings. The van der Waals surface area contributed by atoms with Crippen LogP contribution in [-0.2, 0) is 4.79 Å². The summed E-state index contributed by atoms with van der Waals surface area (Å²) in [4.78, 5) is 28.5. The van der Waals surface area contributed by atoms with Crippen molar-refractivity contribution >= 4 is 44.1 Å². The lowest BCUT2D eigenvalue weighted by molar-refractivity contribution is -0.274. The highest BCUT2D eigenvalue weighted by Crippen LogP contribution is 2.36. The lowest BCUT2D eigenvalue weighted by Gasteiger charge is -2.15. The molecule has 2 N–H and O–H groups in total. The summed E-state index contributed by atoms with van der Waals surface area (Å²) >= 11 is 1.05. The molecule has 1 aliphatic carbocycles. The van der Waals surface area contributed by atoms with Crippen molar-refractivity contribution in [2.75, 3.05) is 5.32 Å². The molecule has 2 atom stereocenters. The third-order valence-electron chi connectivity index (χ3n) is 6.48. The Morgan fingerprint density at radius 1 is 0.974 bits per heavy atom. The summed E-state index contributed by atoms with van der Waals surface area (Å²) in [5.41, 5.74) is 2.23. The molecule has 11 heteroatoms. The average molecular weight is 545 g/mol. The molecule has 0 spiro atoms. The Bertz CT molecular complexity index is 1520. The highest BCUT2D eigenvalue weighted by Gasteiger charge is 2.38. The summed E-state index contributed by atoms with van der Waals surface area (Å²) in [5.74, 6) is -3.28. The zero-order valence-electron chi connectivity index (χ0n) is 19.6. The lowest BCUT2D eigenvalue weighted by Crippen LogP contribution is -2.25. The molecular formula is C27H20F4N2O4S. The first-order valence-electron chi connectivity index (χ1n) is 11.7. The number of Topliss-reactive ketones (excluding diaryl/α,β-unsaturated/α-hetero) is 1. The molecule has 3 aromatic carbocycles. The third-order valence-corrected chi connectivity index (χ3v) is 7.41. The van der Waals surface area contributed by atoms with E-state index in [1.165, 1.54) is 24.3 Å². The van der Waals surface area contributed by atoms with Crippen molar-refractivity contribution in [2.24, 2.45) is 11.8 Å². The number of hydrogen-bond donors (Lipinski definition) is 2. The Hall–Kier alpha value is -3.99. The summed E-state index contributed by atoms with van der Waals surface area (Å²) in [6, 6.07) is 14.9. The van der Waals surface area contributed by atoms with Crippen LogP contribution in [0.2, 0.25) is 0 Å². The number of benzene rings is 3. The standard InChI is InChI=1S/C27H20F4N2O4S/c28-20-12-16(14-4-6-15(7-5-14)24(34)18-2-1-3-19(18)25(35)36)8-10-21(20)32-26-33-22-11-9-17(13-23(22)38-26)37-27(29,30)31/h4-13,18-19H,1-3H2,(H,32,33)(H,35,36). The van der Waals surface area contributed by atoms with Crippen molar-refractivity contribution in [1.82, 2.24) is 4.98 Å². The number of aliphatic carboxylic acids is 1. The van der Waals surface area contributed by atoms with Crippen molar-refractivity contribution in [3.05, 3.63) is 72.0 Å². The quantitative estimate of drug-likeness (QED) is 0.186. The fourth-order valence-corrected chi connectivity index (χ4v) is 5.58. The number of anilines is 2. The molecule has 196 valence electrons. The maximum atomic E-state index is 14.9. The second kappa shape index (κ2) is 10.1. The van der Waals surface area contributed by atoms with Gasteiger partial charge in [-0.25, -0.2) is 9.37 Å². The minimum absolute atomic E-state index is 0.132. The summed E-state index contributed by atoms with van der Waals surface area (Å²) < 4.78 is 56.7. The van der Waals surface area contributed by atoms with E-state index in [2.05, 4.69) is 15.0 Å². The van der Waals surface area contributed by atoms with Gasteiger partial charge < -0.3 is 15.2 Å². The number of carbonyl (C=O) groups excluding carboxylic acids is 1. The molecule has 0 radical (unpaired) electrons. The Morgan fingerprint density at radius 2 is 1.68 bits per heavy atom. The van der Waals surface area contributed by atoms with Crippen LogP contribution in [-0.4, -0.2) is 28.2 Å². The number of carbonyl (C=O) groups is 2. The summed E-state index contributed by atoms with van der Waals surface area (Å²) in [7, 11) is 0. The van der Waals surface area contributed by atoms with Crippen LogP contribution in [0.3, 0.4) is 0 Å². The molecule has 1 saturated carbocycles. The van der Waals surface area contributed by atoms with E-state index in [1.807, 2.05) is 0 Å². The summed E-state index contributed by atoms with van der Waals surface area (Å²) in [6.07, 6.45) is -3.06. The predicted molar refractivity (Wildman–Crippen MR) is 134 cm³/mol. The van der Waals surface area contributed by atoms with E-state index < -0.39 is 30.0 Å². The summed E-state index contributed by atoms with van der Waals surface area (Å²) in [6.45, 7) is 0. The Labute approximate surface area is 217 Å². The van der Waals surface area contributed by atoms with Gasteiger partial charge in [0, 0.05) is 17.5 Å². The van der Waals surface area contributed by atoms with Gasteiger partial charge in [-0.1, -0.05) is 48.1 Å². The molecule has 38 heavy (non-hydrogen) atoms. The maximum absolute atomic E-state index is 14.9. The average Bonchev–Trinajstić information content (AvgIpc) is 3.51. The molecule has 1 aromatic heterocycles. The van der Waals surface area contributed by atoms with E-state index in [4.69, 9.17) is 0 Å². The number of ether oxygens (including phenoxy) is 1. The van der Waals surface area contributed by atoms with Gasteiger partial charge in [0.2, 0.25) is 0 Å². The van der Waals surface area contributed by atoms with Gasteiger partial charge in [0.25, 0.3) is 0 Å². The van der Waals surface area contributed by atoms with Crippen LogP contribution in [0.5, 0.6) is 5.75 Å². The van der Waals surface area contributed by atoms with Gasteiger partial charge in [-0.15, -0.1) is 13.2 Å². The van der Waals surface area contributed by atoms with Crippen LogP contribution in [0.1, 0.15) is 29.6 Å². The topological polar surface area (TPSA) is 88.5 Å². The van der Waals surface area contributed by atoms with Crippen molar-refractivity contribution in [1.29, 1.82) is 0 Å². The molecule has 0 amide bonds. The minimum Gasteiger partial charge on any atom is -0.481 e. The normalized spacial score (nSPS) is 17.5. The molecule has 5 rings (SSSR count). The molecule has 2 unspecified atom stereocenters. The predicted octanol–water partition coefficient (Wildman–Crippen LogP) is 7.43. The van der Waals surface area contributed by atoms with Crippen molar-refractivity contribution in [3.8, 4) is 16.9 Å². The number of carboxylic acid groups (broad SMARTS) is 1. The van der Waals surface area contributed by atoms with E-state index >= 15 is 0 Å². The number of nitrogens with one attached hydrogen (secondary N) is 1. The zero-order valence-corrected chi connectivity index (χ0v) is 20.4. The number of alkyl halides is 3. The van der Waals surface area contributed by atoms with Gasteiger partial charge in [-0.2, -0.15) is 0 Å². The van der Waals surface area contributed by atoms with E-state index in [9.17, 15) is 32.3 Å². The maximum Gasteiger partial charge on any atom is 0.573 e. The lowest BCUT2D eigenvalue weighted by atomic mass is 9.88. The van der Waals surface area contributed by atoms with Crippen LogP contribution >= 0.6 is 11.3 Å². The van der Waals surface area contributed by atoms with Gasteiger partial charge in [0.15, 0.2) is 10.9 Å². The van der Waals surface area contributed by atoms with E-state index in [0.29, 0.717) is 51.3 Å². The van der Waals surface area contributed by atoms with Crippen LogP contribution in [0, 0.1) is 17.7 Å². The molecule has 6 nitrogen and oxygen atoms in total. The molecule has 1 heterocycles. The van der Waals surface area contributed by atoms with Gasteiger partial charge in [-0.05, 0) is 48.2 Å². The van der Waals surface area contributed by atoms with Gasteiger partial charge in [-0.3, -0.25) is 9.59 Å². The number of ketones is 1. The largest absolute Gasteiger partial charge is 0.573 e. The molecule has 0 aliphatic heterocycles. The Balaban J connectivity index is 1.30. The molecule has 1 aliphatic rings. The number of hydrogen-bond acceptors (Lipinski definition) is 6. The Kier molecular flexibility index (Phi) is 6.78. The van der Waals surface area contributed by atoms with Gasteiger partial charge in [0.05, 0.1) is 21.8 Å². The van der Waals surface area contributed by atoms with Crippen LogP contribution in [0.25, 0.3) is 21.3 Å². The van der Waals surface area contributed by atoms with E-state index in [0.717, 1.165) is 17.4 Å². The second-order valence-electron chi connectivity index (χ2n) is 8.94. The first-order valence-corrected chi connectivity index (χ1v) is 12.5. The number of rotatable bonds is 7. The Morgan fingerprint density at radius 3 is 2.37 bits per heavy atom. The molecule has 0 bridgehead atoms. The van der Waals surface area contributed by atoms with Crippen molar-refractivity contribution < 1.29 is 37.0 Å². The van der Waals surface area contributed by atoms with Gasteiger partial charge >= 0.3 is 12.3 Å². The highest BCUT2D eigenvalue weighted by molar-refractivity contribution is 7.22. The second-order valence-corrected chi connectivity index (χ2v) is 9.97. The molecular weight excluding hydrogens is 524 g/mol. The monoisotopic (exact) mass is 544 g/mol. The minimum atomic E-state index is -4.81. The number of carboxylic acids is 1. The number of aromatic nitrogens is 1. The number of halogens is 4. The number of thiazole rings is 1. The molecule has 0 saturated heterocycles. The van der Waals surface area contributed by atoms with Gasteiger partial charge in [0.1, 0.15) is 11.6 Å². The van der Waals surface area contributed by atoms with Crippen LogP contribution in [0.15, 0.2) is 60.7 Å². The first-order chi connectivity index (χ1) is 18.1. The van der Waals surface area contributed by atoms with Crippen LogP contribution < -0.4 is 10.1 Å². The first kappa shape index (κ1) is 25.7. The smallest absolute Gasteiger partial charge is 0.481 e. The summed E-state index contributed by atoms with van der Waals surface area (Å²) in [5, 5.41) is 12.5. The zero-order chi connectivity index (χ0) is 27.0. The fraction of sp³-hybridized carbons (Fsp3) is 0.222. The van der Waals surface area contributed by atoms with Crippen LogP contribution in [0.4, 0.5) is 28.4 Å². The van der Waals surface area contributed by atoms with Crippen molar-refractivity contribution in [2.45, 2.75) is 25.6 Å². The van der Waals surface area contributed by atoms with Crippen molar-refractivity contribution in [3.63, 3.8) is 0 Å². The third kappa shape index (κ3) is 5.47. The fourth-order valence-electron chi connectivity index (χ4n) is 4.68. The van der Waals surface area contributed by atoms with E-state index in [-0.39, 0.29) is 17.2 Å². The number of fused-ring (bicyclic) bond motifs is 1.